The second-order valence-electron chi connectivity index (χ2n) is 11.4. The number of halogens is 4. The molecule has 2 heterocycles. The van der Waals surface area contributed by atoms with E-state index in [-0.39, 0.29) is 18.2 Å². The van der Waals surface area contributed by atoms with Gasteiger partial charge >= 0.3 is 6.18 Å². The Hall–Kier alpha value is -3.94. The molecule has 2 aromatic carbocycles. The van der Waals surface area contributed by atoms with E-state index in [9.17, 15) is 17.6 Å². The van der Waals surface area contributed by atoms with Gasteiger partial charge in [0.25, 0.3) is 0 Å². The summed E-state index contributed by atoms with van der Waals surface area (Å²) in [5.74, 6) is -2.44. The molecule has 0 spiro atoms. The van der Waals surface area contributed by atoms with Gasteiger partial charge in [0.05, 0.1) is 35.4 Å². The van der Waals surface area contributed by atoms with E-state index in [1.54, 1.807) is 18.3 Å². The third-order valence-corrected chi connectivity index (χ3v) is 9.16. The van der Waals surface area contributed by atoms with E-state index in [2.05, 4.69) is 28.1 Å². The van der Waals surface area contributed by atoms with Crippen molar-refractivity contribution in [2.75, 3.05) is 0 Å². The maximum atomic E-state index is 14.5. The molecule has 204 valence electrons. The number of fused-ring (bicyclic) bond motifs is 4. The van der Waals surface area contributed by atoms with Gasteiger partial charge in [0.15, 0.2) is 0 Å². The summed E-state index contributed by atoms with van der Waals surface area (Å²) in [6.07, 6.45) is 5.08. The average molecular weight is 545 g/mol. The molecule has 3 aliphatic carbocycles. The molecule has 1 fully saturated rings. The van der Waals surface area contributed by atoms with Crippen molar-refractivity contribution in [1.29, 1.82) is 0 Å². The zero-order chi connectivity index (χ0) is 27.6. The van der Waals surface area contributed by atoms with Crippen LogP contribution in [0.4, 0.5) is 17.6 Å². The van der Waals surface area contributed by atoms with Crippen LogP contribution >= 0.6 is 0 Å². The first-order chi connectivity index (χ1) is 19.2. The molecule has 0 bridgehead atoms. The minimum Gasteiger partial charge on any atom is -0.342 e. The van der Waals surface area contributed by atoms with Crippen LogP contribution < -0.4 is 0 Å². The first-order valence-corrected chi connectivity index (χ1v) is 13.6. The van der Waals surface area contributed by atoms with Crippen molar-refractivity contribution in [3.63, 3.8) is 0 Å². The lowest BCUT2D eigenvalue weighted by atomic mass is 9.54. The molecule has 3 aliphatic rings. The largest absolute Gasteiger partial charge is 0.392 e. The van der Waals surface area contributed by atoms with Gasteiger partial charge in [-0.1, -0.05) is 54.5 Å². The number of imidazole rings is 1. The molecular formula is C32H28F4N4. The van der Waals surface area contributed by atoms with Gasteiger partial charge in [-0.25, -0.2) is 14.1 Å². The molecule has 4 nitrogen and oxygen atoms in total. The maximum absolute atomic E-state index is 14.5. The van der Waals surface area contributed by atoms with Gasteiger partial charge in [0.1, 0.15) is 11.6 Å². The third kappa shape index (κ3) is 3.95. The van der Waals surface area contributed by atoms with E-state index in [0.717, 1.165) is 33.8 Å². The predicted molar refractivity (Wildman–Crippen MR) is 145 cm³/mol. The molecule has 0 amide bonds. The molecule has 4 aromatic rings. The van der Waals surface area contributed by atoms with E-state index in [0.29, 0.717) is 25.1 Å². The number of hydrogen-bond donors (Lipinski definition) is 1. The minimum atomic E-state index is -4.33. The van der Waals surface area contributed by atoms with Gasteiger partial charge in [-0.2, -0.15) is 18.3 Å². The third-order valence-electron chi connectivity index (χ3n) is 9.16. The lowest BCUT2D eigenvalue weighted by molar-refractivity contribution is -0.186. The van der Waals surface area contributed by atoms with Crippen molar-refractivity contribution in [3.05, 3.63) is 107 Å². The Morgan fingerprint density at radius 3 is 2.55 bits per heavy atom. The number of nitrogens with one attached hydrogen (secondary N) is 1. The smallest absolute Gasteiger partial charge is 0.342 e. The minimum absolute atomic E-state index is 0.0636. The van der Waals surface area contributed by atoms with Gasteiger partial charge in [-0.05, 0) is 73.1 Å². The SMILES string of the molecule is C[C@]12Cc3cnn(-c4ccc(F)cc4)c3C=C1CC[C@H]1C2=CC[C@@H](C(F)(F)F)[C@@H]1c1ncc(-c2ccccc2)[nH]1. The number of rotatable bonds is 3. The molecule has 40 heavy (non-hydrogen) atoms. The Morgan fingerprint density at radius 1 is 1.02 bits per heavy atom. The van der Waals surface area contributed by atoms with Crippen LogP contribution in [-0.4, -0.2) is 25.9 Å². The summed E-state index contributed by atoms with van der Waals surface area (Å²) < 4.78 is 58.7. The molecule has 0 aliphatic heterocycles. The molecule has 4 atom stereocenters. The predicted octanol–water partition coefficient (Wildman–Crippen LogP) is 8.05. The van der Waals surface area contributed by atoms with Gasteiger partial charge in [0, 0.05) is 11.3 Å². The van der Waals surface area contributed by atoms with Crippen LogP contribution in [0, 0.1) is 23.1 Å². The van der Waals surface area contributed by atoms with Crippen LogP contribution in [0.25, 0.3) is 23.0 Å². The number of alkyl halides is 3. The zero-order valence-corrected chi connectivity index (χ0v) is 21.9. The molecule has 0 radical (unpaired) electrons. The molecular weight excluding hydrogens is 516 g/mol. The normalized spacial score (nSPS) is 25.9. The van der Waals surface area contributed by atoms with Gasteiger partial charge in [0.2, 0.25) is 0 Å². The number of aromatic nitrogens is 4. The standard InChI is InChI=1S/C32H28F4N4/c1-31-16-20-17-38-40(23-10-8-22(33)9-11-23)28(20)15-21(31)7-12-24-25(31)13-14-26(32(34,35)36)29(24)30-37-18-27(39-30)19-5-3-2-4-6-19/h2-6,8-11,13,15,17-18,24,26,29H,7,12,14,16H2,1H3,(H,37,39)/t24-,26+,29+,31-/m0/s1. The van der Waals surface area contributed by atoms with E-state index in [4.69, 9.17) is 0 Å². The summed E-state index contributed by atoms with van der Waals surface area (Å²) in [7, 11) is 0. The van der Waals surface area contributed by atoms with Crippen LogP contribution in [-0.2, 0) is 6.42 Å². The highest BCUT2D eigenvalue weighted by Gasteiger charge is 2.55. The Kier molecular flexibility index (Phi) is 5.67. The van der Waals surface area contributed by atoms with E-state index >= 15 is 0 Å². The fourth-order valence-electron chi connectivity index (χ4n) is 7.22. The van der Waals surface area contributed by atoms with Gasteiger partial charge in [-0.3, -0.25) is 0 Å². The van der Waals surface area contributed by atoms with E-state index < -0.39 is 23.4 Å². The molecule has 8 heteroatoms. The second-order valence-corrected chi connectivity index (χ2v) is 11.4. The second kappa shape index (κ2) is 9.04. The van der Waals surface area contributed by atoms with E-state index in [1.165, 1.54) is 17.7 Å². The lowest BCUT2D eigenvalue weighted by Gasteiger charge is -2.50. The summed E-state index contributed by atoms with van der Waals surface area (Å²) >= 11 is 0. The fourth-order valence-corrected chi connectivity index (χ4v) is 7.22. The Morgan fingerprint density at radius 2 is 1.80 bits per heavy atom. The number of nitrogens with zero attached hydrogens (tertiary/aromatic N) is 3. The van der Waals surface area contributed by atoms with Crippen LogP contribution in [0.15, 0.2) is 84.2 Å². The molecule has 1 N–H and O–H groups in total. The number of hydrogen-bond acceptors (Lipinski definition) is 2. The highest BCUT2D eigenvalue weighted by molar-refractivity contribution is 5.64. The summed E-state index contributed by atoms with van der Waals surface area (Å²) in [6, 6.07) is 15.8. The Balaban J connectivity index is 1.27. The van der Waals surface area contributed by atoms with Crippen LogP contribution in [0.3, 0.4) is 0 Å². The monoisotopic (exact) mass is 544 g/mol. The van der Waals surface area contributed by atoms with Crippen molar-refractivity contribution in [3.8, 4) is 16.9 Å². The van der Waals surface area contributed by atoms with Gasteiger partial charge < -0.3 is 4.98 Å². The fraction of sp³-hybridized carbons (Fsp3) is 0.312. The van der Waals surface area contributed by atoms with E-state index in [1.807, 2.05) is 47.3 Å². The first kappa shape index (κ1) is 25.1. The summed E-state index contributed by atoms with van der Waals surface area (Å²) in [5.41, 5.74) is 6.28. The molecule has 2 aromatic heterocycles. The molecule has 1 saturated carbocycles. The first-order valence-electron chi connectivity index (χ1n) is 13.6. The highest BCUT2D eigenvalue weighted by atomic mass is 19.4. The van der Waals surface area contributed by atoms with Crippen LogP contribution in [0.1, 0.15) is 49.2 Å². The molecule has 7 rings (SSSR count). The molecule has 0 saturated heterocycles. The van der Waals surface area contributed by atoms with Crippen molar-refractivity contribution in [1.82, 2.24) is 19.7 Å². The number of allylic oxidation sites excluding steroid dienone is 3. The maximum Gasteiger partial charge on any atom is 0.392 e. The number of H-pyrrole nitrogens is 1. The van der Waals surface area contributed by atoms with Crippen LogP contribution in [0.2, 0.25) is 0 Å². The quantitative estimate of drug-likeness (QED) is 0.210. The average Bonchev–Trinajstić information content (AvgIpc) is 3.59. The Bertz CT molecular complexity index is 1630. The van der Waals surface area contributed by atoms with Crippen molar-refractivity contribution >= 4 is 6.08 Å². The highest BCUT2D eigenvalue weighted by Crippen LogP contribution is 2.60. The van der Waals surface area contributed by atoms with Crippen molar-refractivity contribution < 1.29 is 17.6 Å². The summed E-state index contributed by atoms with van der Waals surface area (Å²) in [4.78, 5) is 7.81. The summed E-state index contributed by atoms with van der Waals surface area (Å²) in [6.45, 7) is 2.16. The Labute approximate surface area is 229 Å². The van der Waals surface area contributed by atoms with Crippen LogP contribution in [0.5, 0.6) is 0 Å². The lowest BCUT2D eigenvalue weighted by Crippen LogP contribution is -2.44. The zero-order valence-electron chi connectivity index (χ0n) is 21.9. The van der Waals surface area contributed by atoms with Crippen molar-refractivity contribution in [2.24, 2.45) is 17.3 Å². The van der Waals surface area contributed by atoms with Crippen molar-refractivity contribution in [2.45, 2.75) is 44.7 Å². The number of benzene rings is 2. The summed E-state index contributed by atoms with van der Waals surface area (Å²) in [5, 5.41) is 4.60. The van der Waals surface area contributed by atoms with Gasteiger partial charge in [-0.15, -0.1) is 0 Å². The number of aromatic amines is 1. The topological polar surface area (TPSA) is 46.5 Å². The molecule has 0 unspecified atom stereocenters.